The summed E-state index contributed by atoms with van der Waals surface area (Å²) in [5.41, 5.74) is 1.05. The number of rotatable bonds is 6. The van der Waals surface area contributed by atoms with Crippen molar-refractivity contribution in [3.05, 3.63) is 34.6 Å². The second-order valence-corrected chi connectivity index (χ2v) is 7.62. The molecule has 6 heteroatoms. The van der Waals surface area contributed by atoms with E-state index in [1.807, 2.05) is 24.3 Å². The molecule has 23 heavy (non-hydrogen) atoms. The molecular weight excluding hydrogens is 356 g/mol. The Morgan fingerprint density at radius 1 is 1.35 bits per heavy atom. The summed E-state index contributed by atoms with van der Waals surface area (Å²) in [4.78, 5) is 6.66. The first kappa shape index (κ1) is 17.6. The molecule has 0 saturated carbocycles. The largest absolute Gasteiger partial charge is 0.338 e. The second-order valence-electron chi connectivity index (χ2n) is 6.70. The van der Waals surface area contributed by atoms with Gasteiger partial charge in [-0.1, -0.05) is 54.0 Å². The van der Waals surface area contributed by atoms with Crippen LogP contribution in [0.2, 0.25) is 0 Å². The molecule has 1 heterocycles. The summed E-state index contributed by atoms with van der Waals surface area (Å²) in [6.45, 7) is 8.64. The molecule has 0 fully saturated rings. The van der Waals surface area contributed by atoms with Crippen LogP contribution in [0.5, 0.6) is 0 Å². The molecule has 2 aromatic rings. The van der Waals surface area contributed by atoms with Gasteiger partial charge in [0.05, 0.1) is 12.6 Å². The molecular formula is C17H21BrN4O. The van der Waals surface area contributed by atoms with E-state index in [1.54, 1.807) is 0 Å². The van der Waals surface area contributed by atoms with Crippen molar-refractivity contribution < 1.29 is 4.52 Å². The molecule has 0 N–H and O–H groups in total. The highest BCUT2D eigenvalue weighted by Gasteiger charge is 2.19. The fourth-order valence-electron chi connectivity index (χ4n) is 2.35. The number of hydrogen-bond donors (Lipinski definition) is 0. The number of nitrogens with zero attached hydrogens (tertiary/aromatic N) is 4. The minimum atomic E-state index is 0.141. The highest BCUT2D eigenvalue weighted by molar-refractivity contribution is 9.10. The standard InChI is InChI=1S/C17H21BrN4O/c1-17(2,3)12-22(9-5-8-19)11-15-20-16(21-23-15)13-6-4-7-14(18)10-13/h4,6-7,10H,5,9,11-12H2,1-3H3. The summed E-state index contributed by atoms with van der Waals surface area (Å²) >= 11 is 3.44. The minimum absolute atomic E-state index is 0.141. The third kappa shape index (κ3) is 5.77. The Morgan fingerprint density at radius 2 is 2.13 bits per heavy atom. The van der Waals surface area contributed by atoms with Gasteiger partial charge in [-0.05, 0) is 17.5 Å². The molecule has 0 spiro atoms. The maximum atomic E-state index is 8.83. The lowest BCUT2D eigenvalue weighted by molar-refractivity contribution is 0.167. The first-order valence-corrected chi connectivity index (χ1v) is 8.34. The van der Waals surface area contributed by atoms with Crippen molar-refractivity contribution in [2.75, 3.05) is 13.1 Å². The van der Waals surface area contributed by atoms with E-state index in [0.717, 1.165) is 16.6 Å². The molecule has 0 amide bonds. The summed E-state index contributed by atoms with van der Waals surface area (Å²) in [5.74, 6) is 1.15. The summed E-state index contributed by atoms with van der Waals surface area (Å²) in [5, 5.41) is 12.9. The highest BCUT2D eigenvalue weighted by Crippen LogP contribution is 2.21. The summed E-state index contributed by atoms with van der Waals surface area (Å²) < 4.78 is 6.36. The van der Waals surface area contributed by atoms with Gasteiger partial charge in [0.15, 0.2) is 0 Å². The van der Waals surface area contributed by atoms with Gasteiger partial charge in [0.1, 0.15) is 0 Å². The Morgan fingerprint density at radius 3 is 2.78 bits per heavy atom. The molecule has 0 aliphatic carbocycles. The van der Waals surface area contributed by atoms with Gasteiger partial charge in [-0.25, -0.2) is 0 Å². The Kier molecular flexibility index (Phi) is 5.91. The van der Waals surface area contributed by atoms with Crippen molar-refractivity contribution in [1.29, 1.82) is 5.26 Å². The maximum absolute atomic E-state index is 8.83. The van der Waals surface area contributed by atoms with Crippen LogP contribution in [0, 0.1) is 16.7 Å². The lowest BCUT2D eigenvalue weighted by Gasteiger charge is -2.28. The molecule has 0 saturated heterocycles. The summed E-state index contributed by atoms with van der Waals surface area (Å²) in [7, 11) is 0. The van der Waals surface area contributed by atoms with Crippen LogP contribution in [0.1, 0.15) is 33.1 Å². The summed E-state index contributed by atoms with van der Waals surface area (Å²) in [6, 6.07) is 9.99. The minimum Gasteiger partial charge on any atom is -0.338 e. The molecule has 1 aromatic heterocycles. The molecule has 5 nitrogen and oxygen atoms in total. The third-order valence-electron chi connectivity index (χ3n) is 3.15. The number of halogens is 1. The van der Waals surface area contributed by atoms with Gasteiger partial charge in [-0.2, -0.15) is 10.2 Å². The summed E-state index contributed by atoms with van der Waals surface area (Å²) in [6.07, 6.45) is 0.489. The van der Waals surface area contributed by atoms with Crippen LogP contribution in [0.15, 0.2) is 33.3 Å². The molecule has 2 rings (SSSR count). The quantitative estimate of drug-likeness (QED) is 0.753. The lowest BCUT2D eigenvalue weighted by Crippen LogP contribution is -2.33. The van der Waals surface area contributed by atoms with Gasteiger partial charge in [0.2, 0.25) is 11.7 Å². The van der Waals surface area contributed by atoms with Crippen molar-refractivity contribution in [2.45, 2.75) is 33.7 Å². The zero-order chi connectivity index (χ0) is 16.9. The predicted molar refractivity (Wildman–Crippen MR) is 92.4 cm³/mol. The zero-order valence-corrected chi connectivity index (χ0v) is 15.3. The Labute approximate surface area is 145 Å². The number of aromatic nitrogens is 2. The lowest BCUT2D eigenvalue weighted by atomic mass is 9.96. The molecule has 0 aliphatic heterocycles. The van der Waals surface area contributed by atoms with Gasteiger partial charge in [-0.15, -0.1) is 0 Å². The van der Waals surface area contributed by atoms with Gasteiger partial charge in [-0.3, -0.25) is 4.90 Å². The van der Waals surface area contributed by atoms with E-state index < -0.39 is 0 Å². The second kappa shape index (κ2) is 7.71. The monoisotopic (exact) mass is 376 g/mol. The van der Waals surface area contributed by atoms with Crippen LogP contribution in [0.25, 0.3) is 11.4 Å². The molecule has 122 valence electrons. The Balaban J connectivity index is 2.10. The van der Waals surface area contributed by atoms with E-state index in [1.165, 1.54) is 0 Å². The van der Waals surface area contributed by atoms with Crippen LogP contribution in [-0.2, 0) is 6.54 Å². The van der Waals surface area contributed by atoms with E-state index in [-0.39, 0.29) is 5.41 Å². The number of benzene rings is 1. The first-order valence-electron chi connectivity index (χ1n) is 7.55. The van der Waals surface area contributed by atoms with Crippen LogP contribution < -0.4 is 0 Å². The average molecular weight is 377 g/mol. The topological polar surface area (TPSA) is 66.0 Å². The van der Waals surface area contributed by atoms with Crippen molar-refractivity contribution in [3.63, 3.8) is 0 Å². The fourth-order valence-corrected chi connectivity index (χ4v) is 2.75. The van der Waals surface area contributed by atoms with E-state index in [0.29, 0.717) is 31.2 Å². The predicted octanol–water partition coefficient (Wildman–Crippen LogP) is 4.26. The normalized spacial score (nSPS) is 11.7. The van der Waals surface area contributed by atoms with Gasteiger partial charge >= 0.3 is 0 Å². The highest BCUT2D eigenvalue weighted by atomic mass is 79.9. The van der Waals surface area contributed by atoms with E-state index in [2.05, 4.69) is 57.8 Å². The molecule has 0 bridgehead atoms. The van der Waals surface area contributed by atoms with E-state index >= 15 is 0 Å². The Bertz CT molecular complexity index is 684. The SMILES string of the molecule is CC(C)(C)CN(CCC#N)Cc1nc(-c2cccc(Br)c2)no1. The van der Waals surface area contributed by atoms with E-state index in [4.69, 9.17) is 9.78 Å². The maximum Gasteiger partial charge on any atom is 0.241 e. The fraction of sp³-hybridized carbons (Fsp3) is 0.471. The van der Waals surface area contributed by atoms with E-state index in [9.17, 15) is 0 Å². The Hall–Kier alpha value is -1.71. The van der Waals surface area contributed by atoms with Crippen molar-refractivity contribution in [2.24, 2.45) is 5.41 Å². The van der Waals surface area contributed by atoms with Crippen molar-refractivity contribution in [3.8, 4) is 17.5 Å². The average Bonchev–Trinajstić information content (AvgIpc) is 2.92. The van der Waals surface area contributed by atoms with Crippen LogP contribution in [-0.4, -0.2) is 28.1 Å². The smallest absolute Gasteiger partial charge is 0.241 e. The molecule has 1 aromatic carbocycles. The van der Waals surface area contributed by atoms with Gasteiger partial charge in [0, 0.05) is 29.5 Å². The van der Waals surface area contributed by atoms with Crippen molar-refractivity contribution in [1.82, 2.24) is 15.0 Å². The first-order chi connectivity index (χ1) is 10.9. The molecule has 0 unspecified atom stereocenters. The van der Waals surface area contributed by atoms with Crippen LogP contribution >= 0.6 is 15.9 Å². The molecule has 0 atom stereocenters. The van der Waals surface area contributed by atoms with Crippen LogP contribution in [0.3, 0.4) is 0 Å². The van der Waals surface area contributed by atoms with Gasteiger partial charge in [0.25, 0.3) is 0 Å². The van der Waals surface area contributed by atoms with Crippen LogP contribution in [0.4, 0.5) is 0 Å². The van der Waals surface area contributed by atoms with Gasteiger partial charge < -0.3 is 4.52 Å². The third-order valence-corrected chi connectivity index (χ3v) is 3.64. The number of hydrogen-bond acceptors (Lipinski definition) is 5. The number of nitriles is 1. The zero-order valence-electron chi connectivity index (χ0n) is 13.7. The van der Waals surface area contributed by atoms with Crippen molar-refractivity contribution >= 4 is 15.9 Å². The molecule has 0 aliphatic rings. The molecule has 0 radical (unpaired) electrons.